The third-order valence-corrected chi connectivity index (χ3v) is 9.51. The van der Waals surface area contributed by atoms with E-state index in [9.17, 15) is 23.2 Å². The molecule has 270 valence electrons. The maximum absolute atomic E-state index is 14.1. The second-order valence-electron chi connectivity index (χ2n) is 13.9. The predicted octanol–water partition coefficient (Wildman–Crippen LogP) is 6.03. The number of likely N-dealkylation sites (tertiary alicyclic amines) is 1. The number of rotatable bonds is 9. The summed E-state index contributed by atoms with van der Waals surface area (Å²) in [5.41, 5.74) is 7.37. The molecule has 0 radical (unpaired) electrons. The van der Waals surface area contributed by atoms with E-state index >= 15 is 0 Å². The van der Waals surface area contributed by atoms with Gasteiger partial charge in [0.05, 0.1) is 35.0 Å². The van der Waals surface area contributed by atoms with E-state index < -0.39 is 40.6 Å². The molecule has 5 aromatic rings. The zero-order chi connectivity index (χ0) is 37.1. The number of carbonyl (C=O) groups excluding carboxylic acids is 3. The Hall–Kier alpha value is -5.83. The van der Waals surface area contributed by atoms with Crippen LogP contribution in [0.2, 0.25) is 0 Å². The second kappa shape index (κ2) is 13.1. The number of hydrogen-bond acceptors (Lipinski definition) is 9. The van der Waals surface area contributed by atoms with Crippen LogP contribution in [0.15, 0.2) is 54.9 Å². The molecule has 2 saturated heterocycles. The number of amides is 3. The molecule has 2 aliphatic rings. The minimum atomic E-state index is -1.11. The topological polar surface area (TPSA) is 161 Å². The maximum Gasteiger partial charge on any atom is 0.329 e. The highest BCUT2D eigenvalue weighted by Gasteiger charge is 2.46. The molecule has 7 rings (SSSR count). The SMILES string of the molecule is Cc1cc(Oc2c(F)cccc2F)ncc1-n1ncc(C(=O)c2cc3cc(OC4CCN(C(C)C)CC4)c(N4C(=O)NC(C)(C)C4=O)cc3[nH]2)c1N. The van der Waals surface area contributed by atoms with E-state index in [1.165, 1.54) is 29.2 Å². The number of pyridine rings is 1. The largest absolute Gasteiger partial charge is 0.488 e. The quantitative estimate of drug-likeness (QED) is 0.123. The zero-order valence-electron chi connectivity index (χ0n) is 29.3. The molecule has 0 atom stereocenters. The number of ether oxygens (including phenoxy) is 2. The molecule has 0 bridgehead atoms. The van der Waals surface area contributed by atoms with Gasteiger partial charge >= 0.3 is 6.03 Å². The number of anilines is 2. The molecule has 0 aliphatic carbocycles. The number of ketones is 1. The van der Waals surface area contributed by atoms with Crippen molar-refractivity contribution in [2.24, 2.45) is 0 Å². The van der Waals surface area contributed by atoms with Crippen LogP contribution in [0, 0.1) is 18.6 Å². The minimum Gasteiger partial charge on any atom is -0.488 e. The Labute approximate surface area is 297 Å². The number of urea groups is 1. The Balaban J connectivity index is 1.18. The molecule has 3 aromatic heterocycles. The second-order valence-corrected chi connectivity index (χ2v) is 13.9. The van der Waals surface area contributed by atoms with Crippen molar-refractivity contribution in [1.82, 2.24) is 30.0 Å². The summed E-state index contributed by atoms with van der Waals surface area (Å²) in [6.45, 7) is 11.0. The first-order chi connectivity index (χ1) is 24.7. The van der Waals surface area contributed by atoms with Gasteiger partial charge < -0.3 is 30.4 Å². The number of nitrogens with two attached hydrogens (primary N) is 1. The number of halogens is 2. The van der Waals surface area contributed by atoms with Crippen molar-refractivity contribution in [2.75, 3.05) is 23.7 Å². The van der Waals surface area contributed by atoms with E-state index in [0.29, 0.717) is 33.9 Å². The van der Waals surface area contributed by atoms with Crippen LogP contribution in [-0.2, 0) is 4.79 Å². The van der Waals surface area contributed by atoms with Crippen molar-refractivity contribution >= 4 is 40.1 Å². The molecular weight excluding hydrogens is 674 g/mol. The molecule has 0 unspecified atom stereocenters. The van der Waals surface area contributed by atoms with Gasteiger partial charge in [0.15, 0.2) is 11.6 Å². The number of aryl methyl sites for hydroxylation is 1. The van der Waals surface area contributed by atoms with Crippen molar-refractivity contribution < 1.29 is 32.6 Å². The van der Waals surface area contributed by atoms with Crippen molar-refractivity contribution in [1.29, 1.82) is 0 Å². The van der Waals surface area contributed by atoms with E-state index in [0.717, 1.165) is 43.0 Å². The van der Waals surface area contributed by atoms with Gasteiger partial charge in [-0.1, -0.05) is 6.07 Å². The molecule has 3 amide bonds. The highest BCUT2D eigenvalue weighted by atomic mass is 19.1. The van der Waals surface area contributed by atoms with Gasteiger partial charge in [-0.05, 0) is 83.4 Å². The summed E-state index contributed by atoms with van der Waals surface area (Å²) in [7, 11) is 0. The number of nitrogens with one attached hydrogen (secondary N) is 2. The molecule has 13 nitrogen and oxygen atoms in total. The summed E-state index contributed by atoms with van der Waals surface area (Å²) in [6.07, 6.45) is 4.12. The first-order valence-electron chi connectivity index (χ1n) is 16.9. The first kappa shape index (κ1) is 34.6. The first-order valence-corrected chi connectivity index (χ1v) is 16.9. The fourth-order valence-electron chi connectivity index (χ4n) is 6.55. The Kier molecular flexibility index (Phi) is 8.69. The van der Waals surface area contributed by atoms with Gasteiger partial charge in [0.1, 0.15) is 23.2 Å². The summed E-state index contributed by atoms with van der Waals surface area (Å²) in [4.78, 5) is 51.1. The summed E-state index contributed by atoms with van der Waals surface area (Å²) < 4.78 is 41.4. The number of hydrogen-bond donors (Lipinski definition) is 3. The normalized spacial score (nSPS) is 16.6. The Bertz CT molecular complexity index is 2220. The van der Waals surface area contributed by atoms with Gasteiger partial charge in [-0.15, -0.1) is 0 Å². The molecule has 15 heteroatoms. The van der Waals surface area contributed by atoms with Crippen molar-refractivity contribution in [3.8, 4) is 23.1 Å². The van der Waals surface area contributed by atoms with Crippen molar-refractivity contribution in [3.63, 3.8) is 0 Å². The molecule has 2 fully saturated rings. The van der Waals surface area contributed by atoms with Gasteiger partial charge in [0, 0.05) is 36.1 Å². The van der Waals surface area contributed by atoms with Crippen LogP contribution >= 0.6 is 0 Å². The van der Waals surface area contributed by atoms with Crippen molar-refractivity contribution in [3.05, 3.63) is 83.3 Å². The smallest absolute Gasteiger partial charge is 0.329 e. The van der Waals surface area contributed by atoms with E-state index in [1.54, 1.807) is 39.0 Å². The summed E-state index contributed by atoms with van der Waals surface area (Å²) >= 11 is 0. The minimum absolute atomic E-state index is 0.0291. The van der Waals surface area contributed by atoms with Gasteiger partial charge in [-0.3, -0.25) is 9.59 Å². The molecular formula is C37H38F2N8O5. The van der Waals surface area contributed by atoms with Crippen LogP contribution in [0.1, 0.15) is 62.2 Å². The van der Waals surface area contributed by atoms with Crippen molar-refractivity contribution in [2.45, 2.75) is 65.1 Å². The number of H-pyrrole nitrogens is 1. The predicted molar refractivity (Wildman–Crippen MR) is 189 cm³/mol. The highest BCUT2D eigenvalue weighted by Crippen LogP contribution is 2.39. The van der Waals surface area contributed by atoms with E-state index in [4.69, 9.17) is 15.2 Å². The van der Waals surface area contributed by atoms with Gasteiger partial charge in [0.2, 0.25) is 17.4 Å². The lowest BCUT2D eigenvalue weighted by atomic mass is 10.1. The Morgan fingerprint density at radius 1 is 1.04 bits per heavy atom. The third-order valence-electron chi connectivity index (χ3n) is 9.51. The van der Waals surface area contributed by atoms with Gasteiger partial charge in [-0.25, -0.2) is 28.1 Å². The molecule has 0 saturated carbocycles. The average Bonchev–Trinajstić information content (AvgIpc) is 3.74. The third kappa shape index (κ3) is 6.21. The van der Waals surface area contributed by atoms with Crippen LogP contribution in [0.4, 0.5) is 25.1 Å². The number of nitrogens with zero attached hydrogens (tertiary/aromatic N) is 5. The Morgan fingerprint density at radius 2 is 1.75 bits per heavy atom. The van der Waals surface area contributed by atoms with E-state index in [2.05, 4.69) is 39.1 Å². The van der Waals surface area contributed by atoms with E-state index in [1.807, 2.05) is 0 Å². The van der Waals surface area contributed by atoms with Crippen LogP contribution < -0.4 is 25.4 Å². The Morgan fingerprint density at radius 3 is 2.38 bits per heavy atom. The fraction of sp³-hybridized carbons (Fsp3) is 0.324. The summed E-state index contributed by atoms with van der Waals surface area (Å²) in [6, 6.07) is 9.73. The molecule has 2 aliphatic heterocycles. The molecule has 5 heterocycles. The molecule has 2 aromatic carbocycles. The molecule has 0 spiro atoms. The van der Waals surface area contributed by atoms with Crippen LogP contribution in [0.25, 0.3) is 16.6 Å². The lowest BCUT2D eigenvalue weighted by molar-refractivity contribution is -0.121. The lowest BCUT2D eigenvalue weighted by Gasteiger charge is -2.35. The standard InChI is InChI=1S/C37H38F2N8O5/c1-19(2)45-11-9-22(10-12-45)51-30-15-21-14-27(43-26(21)16-28(30)46-35(49)37(4,5)44-36(46)50)32(48)23-17-42-47(34(23)40)29-18-41-31(13-20(29)3)52-33-24(38)7-6-8-25(33)39/h6-8,13-19,22,43H,9-12,40H2,1-5H3,(H,44,50). The number of para-hydroxylation sites is 1. The fourth-order valence-corrected chi connectivity index (χ4v) is 6.55. The lowest BCUT2D eigenvalue weighted by Crippen LogP contribution is -2.42. The van der Waals surface area contributed by atoms with Crippen LogP contribution in [-0.4, -0.2) is 73.1 Å². The number of benzene rings is 2. The number of carbonyl (C=O) groups is 3. The number of piperidine rings is 1. The van der Waals surface area contributed by atoms with Crippen LogP contribution in [0.5, 0.6) is 17.4 Å². The van der Waals surface area contributed by atoms with Gasteiger partial charge in [-0.2, -0.15) is 5.10 Å². The number of fused-ring (bicyclic) bond motifs is 1. The molecule has 4 N–H and O–H groups in total. The summed E-state index contributed by atoms with van der Waals surface area (Å²) in [5, 5.41) is 7.68. The zero-order valence-corrected chi connectivity index (χ0v) is 29.3. The number of nitrogen functional groups attached to an aromatic ring is 1. The molecule has 52 heavy (non-hydrogen) atoms. The van der Waals surface area contributed by atoms with Gasteiger partial charge in [0.25, 0.3) is 5.91 Å². The number of aromatic amines is 1. The summed E-state index contributed by atoms with van der Waals surface area (Å²) in [5.74, 6) is -2.88. The highest BCUT2D eigenvalue weighted by molar-refractivity contribution is 6.24. The average molecular weight is 713 g/mol. The number of aromatic nitrogens is 4. The number of imide groups is 1. The maximum atomic E-state index is 14.1. The van der Waals surface area contributed by atoms with E-state index in [-0.39, 0.29) is 34.7 Å². The van der Waals surface area contributed by atoms with Crippen LogP contribution in [0.3, 0.4) is 0 Å². The monoisotopic (exact) mass is 712 g/mol.